The topological polar surface area (TPSA) is 47.6 Å². The van der Waals surface area contributed by atoms with E-state index in [1.54, 1.807) is 50.4 Å². The first-order chi connectivity index (χ1) is 11.2. The molecular formula is C18H19NO3S. The lowest BCUT2D eigenvalue weighted by atomic mass is 10.1. The summed E-state index contributed by atoms with van der Waals surface area (Å²) in [6, 6.07) is 13.1. The van der Waals surface area contributed by atoms with Gasteiger partial charge in [0.25, 0.3) is 0 Å². The van der Waals surface area contributed by atoms with E-state index < -0.39 is 0 Å². The van der Waals surface area contributed by atoms with Crippen molar-refractivity contribution in [3.05, 3.63) is 60.3 Å². The third-order valence-corrected chi connectivity index (χ3v) is 3.95. The molecule has 23 heavy (non-hydrogen) atoms. The van der Waals surface area contributed by atoms with Crippen molar-refractivity contribution < 1.29 is 14.3 Å². The van der Waals surface area contributed by atoms with Crippen LogP contribution in [0.15, 0.2) is 59.6 Å². The molecule has 2 aromatic carbocycles. The van der Waals surface area contributed by atoms with Crippen LogP contribution in [0.5, 0.6) is 11.5 Å². The number of anilines is 1. The van der Waals surface area contributed by atoms with Crippen LogP contribution in [0.4, 0.5) is 5.69 Å². The van der Waals surface area contributed by atoms with E-state index in [2.05, 4.69) is 5.32 Å². The van der Waals surface area contributed by atoms with Gasteiger partial charge in [-0.3, -0.25) is 4.79 Å². The maximum atomic E-state index is 12.2. The van der Waals surface area contributed by atoms with Crippen molar-refractivity contribution in [2.45, 2.75) is 4.90 Å². The molecule has 0 bridgehead atoms. The Bertz CT molecular complexity index is 713. The zero-order chi connectivity index (χ0) is 16.7. The maximum absolute atomic E-state index is 12.2. The Morgan fingerprint density at radius 3 is 2.57 bits per heavy atom. The molecular weight excluding hydrogens is 310 g/mol. The highest BCUT2D eigenvalue weighted by molar-refractivity contribution is 7.98. The predicted molar refractivity (Wildman–Crippen MR) is 94.9 cm³/mol. The Balaban J connectivity index is 2.06. The van der Waals surface area contributed by atoms with Gasteiger partial charge in [0.2, 0.25) is 0 Å². The molecule has 0 amide bonds. The third-order valence-electron chi connectivity index (χ3n) is 3.22. The summed E-state index contributed by atoms with van der Waals surface area (Å²) in [7, 11) is 3.11. The van der Waals surface area contributed by atoms with E-state index in [-0.39, 0.29) is 5.78 Å². The Kier molecular flexibility index (Phi) is 6.11. The molecule has 0 unspecified atom stereocenters. The molecule has 120 valence electrons. The molecule has 0 heterocycles. The molecule has 1 N–H and O–H groups in total. The number of carbonyl (C=O) groups is 1. The van der Waals surface area contributed by atoms with Crippen molar-refractivity contribution in [3.63, 3.8) is 0 Å². The molecule has 0 atom stereocenters. The molecule has 0 aliphatic rings. The fourth-order valence-electron chi connectivity index (χ4n) is 2.01. The molecule has 0 saturated heterocycles. The smallest absolute Gasteiger partial charge is 0.187 e. The quantitative estimate of drug-likeness (QED) is 0.468. The Morgan fingerprint density at radius 2 is 1.87 bits per heavy atom. The number of allylic oxidation sites excluding steroid dienone is 1. The van der Waals surface area contributed by atoms with Crippen LogP contribution in [0.25, 0.3) is 0 Å². The molecule has 0 aliphatic carbocycles. The second-order valence-corrected chi connectivity index (χ2v) is 5.52. The highest BCUT2D eigenvalue weighted by atomic mass is 32.2. The van der Waals surface area contributed by atoms with E-state index in [9.17, 15) is 4.79 Å². The van der Waals surface area contributed by atoms with Crippen molar-refractivity contribution in [3.8, 4) is 11.5 Å². The van der Waals surface area contributed by atoms with Gasteiger partial charge in [-0.05, 0) is 42.7 Å². The summed E-state index contributed by atoms with van der Waals surface area (Å²) in [5.74, 6) is 1.02. The number of nitrogens with one attached hydrogen (secondary N) is 1. The van der Waals surface area contributed by atoms with Crippen LogP contribution in [0, 0.1) is 0 Å². The summed E-state index contributed by atoms with van der Waals surface area (Å²) in [6.07, 6.45) is 5.15. The second kappa shape index (κ2) is 8.29. The number of ether oxygens (including phenoxy) is 2. The number of hydrogen-bond donors (Lipinski definition) is 1. The lowest BCUT2D eigenvalue weighted by Crippen LogP contribution is -1.98. The zero-order valence-corrected chi connectivity index (χ0v) is 14.1. The molecule has 0 radical (unpaired) electrons. The van der Waals surface area contributed by atoms with Crippen molar-refractivity contribution in [2.24, 2.45) is 0 Å². The van der Waals surface area contributed by atoms with Gasteiger partial charge in [0, 0.05) is 28.4 Å². The van der Waals surface area contributed by atoms with Crippen LogP contribution in [0.3, 0.4) is 0 Å². The summed E-state index contributed by atoms with van der Waals surface area (Å²) >= 11 is 1.67. The molecule has 4 nitrogen and oxygen atoms in total. The number of methoxy groups -OCH3 is 2. The van der Waals surface area contributed by atoms with Crippen LogP contribution >= 0.6 is 11.8 Å². The Hall–Kier alpha value is -2.40. The summed E-state index contributed by atoms with van der Waals surface area (Å²) < 4.78 is 10.4. The first-order valence-electron chi connectivity index (χ1n) is 7.01. The monoisotopic (exact) mass is 329 g/mol. The van der Waals surface area contributed by atoms with E-state index in [4.69, 9.17) is 9.47 Å². The molecule has 0 saturated carbocycles. The van der Waals surface area contributed by atoms with Crippen LogP contribution in [0.1, 0.15) is 10.4 Å². The van der Waals surface area contributed by atoms with Gasteiger partial charge in [-0.25, -0.2) is 0 Å². The fourth-order valence-corrected chi connectivity index (χ4v) is 2.47. The second-order valence-electron chi connectivity index (χ2n) is 4.64. The Morgan fingerprint density at radius 1 is 1.09 bits per heavy atom. The largest absolute Gasteiger partial charge is 0.493 e. The Labute approximate surface area is 140 Å². The zero-order valence-electron chi connectivity index (χ0n) is 13.3. The summed E-state index contributed by atoms with van der Waals surface area (Å²) in [6.45, 7) is 0. The standard InChI is InChI=1S/C18H19NO3S/c1-21-17-8-7-13(11-18(17)22-2)16(20)9-10-19-14-5-4-6-15(12-14)23-3/h4-12,19H,1-3H3. The van der Waals surface area contributed by atoms with E-state index in [1.807, 2.05) is 30.5 Å². The van der Waals surface area contributed by atoms with Crippen molar-refractivity contribution >= 4 is 23.2 Å². The minimum Gasteiger partial charge on any atom is -0.493 e. The third kappa shape index (κ3) is 4.53. The normalized spacial score (nSPS) is 10.6. The molecule has 0 aromatic heterocycles. The van der Waals surface area contributed by atoms with Crippen molar-refractivity contribution in [2.75, 3.05) is 25.8 Å². The minimum atomic E-state index is -0.112. The molecule has 2 rings (SSSR count). The SMILES string of the molecule is COc1ccc(C(=O)C=CNc2cccc(SC)c2)cc1OC. The number of hydrogen-bond acceptors (Lipinski definition) is 5. The van der Waals surface area contributed by atoms with Crippen molar-refractivity contribution in [1.82, 2.24) is 0 Å². The van der Waals surface area contributed by atoms with Crippen molar-refractivity contribution in [1.29, 1.82) is 0 Å². The lowest BCUT2D eigenvalue weighted by molar-refractivity contribution is 0.104. The van der Waals surface area contributed by atoms with E-state index in [1.165, 1.54) is 6.08 Å². The molecule has 0 fully saturated rings. The highest BCUT2D eigenvalue weighted by Crippen LogP contribution is 2.27. The highest BCUT2D eigenvalue weighted by Gasteiger charge is 2.08. The van der Waals surface area contributed by atoms with Crippen LogP contribution in [-0.2, 0) is 0 Å². The van der Waals surface area contributed by atoms with E-state index >= 15 is 0 Å². The average Bonchev–Trinajstić information content (AvgIpc) is 2.61. The van der Waals surface area contributed by atoms with Crippen LogP contribution in [-0.4, -0.2) is 26.3 Å². The number of rotatable bonds is 7. The first-order valence-corrected chi connectivity index (χ1v) is 8.24. The average molecular weight is 329 g/mol. The van der Waals surface area contributed by atoms with Gasteiger partial charge in [-0.1, -0.05) is 6.07 Å². The number of thioether (sulfide) groups is 1. The lowest BCUT2D eigenvalue weighted by Gasteiger charge is -2.08. The summed E-state index contributed by atoms with van der Waals surface area (Å²) in [5.41, 5.74) is 1.48. The summed E-state index contributed by atoms with van der Waals surface area (Å²) in [5, 5.41) is 3.10. The number of ketones is 1. The van der Waals surface area contributed by atoms with Gasteiger partial charge in [0.1, 0.15) is 0 Å². The van der Waals surface area contributed by atoms with Gasteiger partial charge < -0.3 is 14.8 Å². The van der Waals surface area contributed by atoms with Crippen LogP contribution < -0.4 is 14.8 Å². The maximum Gasteiger partial charge on any atom is 0.187 e. The van der Waals surface area contributed by atoms with Crippen LogP contribution in [0.2, 0.25) is 0 Å². The number of carbonyl (C=O) groups excluding carboxylic acids is 1. The minimum absolute atomic E-state index is 0.112. The molecule has 2 aromatic rings. The van der Waals surface area contributed by atoms with E-state index in [0.29, 0.717) is 17.1 Å². The molecule has 0 spiro atoms. The predicted octanol–water partition coefficient (Wildman–Crippen LogP) is 4.23. The van der Waals surface area contributed by atoms with Gasteiger partial charge in [0.15, 0.2) is 17.3 Å². The van der Waals surface area contributed by atoms with Gasteiger partial charge >= 0.3 is 0 Å². The fraction of sp³-hybridized carbons (Fsp3) is 0.167. The number of benzene rings is 2. The first kappa shape index (κ1) is 17.0. The molecule has 0 aliphatic heterocycles. The molecule has 5 heteroatoms. The van der Waals surface area contributed by atoms with Gasteiger partial charge in [0.05, 0.1) is 14.2 Å². The summed E-state index contributed by atoms with van der Waals surface area (Å²) in [4.78, 5) is 13.4. The van der Waals surface area contributed by atoms with E-state index in [0.717, 1.165) is 10.6 Å². The van der Waals surface area contributed by atoms with Gasteiger partial charge in [-0.2, -0.15) is 0 Å². The van der Waals surface area contributed by atoms with Gasteiger partial charge in [-0.15, -0.1) is 11.8 Å².